The third kappa shape index (κ3) is 4.83. The largest absolute Gasteiger partial charge is 0.465 e. The predicted octanol–water partition coefficient (Wildman–Crippen LogP) is 2.22. The lowest BCUT2D eigenvalue weighted by molar-refractivity contribution is -0.150. The molecule has 1 N–H and O–H groups in total. The van der Waals surface area contributed by atoms with Crippen molar-refractivity contribution in [1.29, 1.82) is 0 Å². The number of aromatic nitrogens is 2. The van der Waals surface area contributed by atoms with E-state index in [-0.39, 0.29) is 5.97 Å². The number of hydrogen-bond acceptors (Lipinski definition) is 5. The second-order valence-corrected chi connectivity index (χ2v) is 5.92. The van der Waals surface area contributed by atoms with E-state index in [4.69, 9.17) is 4.74 Å². The number of esters is 1. The summed E-state index contributed by atoms with van der Waals surface area (Å²) >= 11 is 1.71. The first-order chi connectivity index (χ1) is 9.53. The topological polar surface area (TPSA) is 56.2 Å². The van der Waals surface area contributed by atoms with Gasteiger partial charge in [-0.05, 0) is 33.2 Å². The van der Waals surface area contributed by atoms with E-state index in [2.05, 4.69) is 10.3 Å². The summed E-state index contributed by atoms with van der Waals surface area (Å²) in [6.45, 7) is 6.92. The van der Waals surface area contributed by atoms with Crippen LogP contribution in [0.4, 0.5) is 0 Å². The lowest BCUT2D eigenvalue weighted by Crippen LogP contribution is -2.50. The number of thioether (sulfide) groups is 1. The fraction of sp³-hybridized carbons (Fsp3) is 0.714. The summed E-state index contributed by atoms with van der Waals surface area (Å²) in [4.78, 5) is 16.3. The van der Waals surface area contributed by atoms with Crippen molar-refractivity contribution < 1.29 is 9.53 Å². The van der Waals surface area contributed by atoms with Crippen LogP contribution in [0.15, 0.2) is 17.6 Å². The molecule has 1 unspecified atom stereocenters. The number of imidazole rings is 1. The minimum absolute atomic E-state index is 0.163. The van der Waals surface area contributed by atoms with Crippen molar-refractivity contribution in [3.8, 4) is 0 Å². The van der Waals surface area contributed by atoms with Crippen LogP contribution in [-0.2, 0) is 16.6 Å². The first-order valence-electron chi connectivity index (χ1n) is 7.06. The highest BCUT2D eigenvalue weighted by Crippen LogP contribution is 2.20. The molecule has 20 heavy (non-hydrogen) atoms. The predicted molar refractivity (Wildman–Crippen MR) is 81.9 cm³/mol. The lowest BCUT2D eigenvalue weighted by atomic mass is 9.96. The summed E-state index contributed by atoms with van der Waals surface area (Å²) in [5.41, 5.74) is -0.590. The van der Waals surface area contributed by atoms with Crippen molar-refractivity contribution in [3.05, 3.63) is 12.4 Å². The van der Waals surface area contributed by atoms with E-state index >= 15 is 0 Å². The normalized spacial score (nSPS) is 14.0. The third-order valence-corrected chi connectivity index (χ3v) is 4.27. The number of carbonyl (C=O) groups excluding carboxylic acids is 1. The van der Waals surface area contributed by atoms with Crippen molar-refractivity contribution in [2.75, 3.05) is 18.9 Å². The van der Waals surface area contributed by atoms with Gasteiger partial charge in [-0.15, -0.1) is 0 Å². The zero-order chi connectivity index (χ0) is 15.0. The van der Waals surface area contributed by atoms with Gasteiger partial charge in [0, 0.05) is 25.2 Å². The Morgan fingerprint density at radius 3 is 2.85 bits per heavy atom. The van der Waals surface area contributed by atoms with Gasteiger partial charge in [0.1, 0.15) is 5.54 Å². The quantitative estimate of drug-likeness (QED) is 0.430. The van der Waals surface area contributed by atoms with Crippen LogP contribution in [-0.4, -0.2) is 40.0 Å². The molecule has 0 bridgehead atoms. The summed E-state index contributed by atoms with van der Waals surface area (Å²) in [7, 11) is 1.98. The van der Waals surface area contributed by atoms with E-state index in [0.717, 1.165) is 30.3 Å². The molecule has 0 radical (unpaired) electrons. The molecule has 1 heterocycles. The number of ether oxygens (including phenoxy) is 1. The fourth-order valence-electron chi connectivity index (χ4n) is 2.02. The standard InChI is InChI=1S/C14H25N3O2S/c1-5-16-14(3,12(18)19-6-2)8-7-11-20-13-15-9-10-17(13)4/h9-10,16H,5-8,11H2,1-4H3. The van der Waals surface area contributed by atoms with Gasteiger partial charge in [-0.2, -0.15) is 0 Å². The highest BCUT2D eigenvalue weighted by molar-refractivity contribution is 7.99. The van der Waals surface area contributed by atoms with Gasteiger partial charge in [0.05, 0.1) is 6.61 Å². The average Bonchev–Trinajstić information content (AvgIpc) is 2.81. The van der Waals surface area contributed by atoms with Crippen molar-refractivity contribution in [2.45, 2.75) is 44.3 Å². The van der Waals surface area contributed by atoms with Crippen LogP contribution < -0.4 is 5.32 Å². The summed E-state index contributed by atoms with van der Waals surface area (Å²) < 4.78 is 7.16. The second-order valence-electron chi connectivity index (χ2n) is 4.86. The number of hydrogen-bond donors (Lipinski definition) is 1. The Balaban J connectivity index is 2.42. The maximum atomic E-state index is 12.0. The molecule has 1 aromatic rings. The maximum Gasteiger partial charge on any atom is 0.326 e. The molecule has 1 atom stereocenters. The van der Waals surface area contributed by atoms with Crippen LogP contribution in [0.1, 0.15) is 33.6 Å². The van der Waals surface area contributed by atoms with Crippen LogP contribution >= 0.6 is 11.8 Å². The molecule has 0 aliphatic carbocycles. The number of rotatable bonds is 9. The van der Waals surface area contributed by atoms with E-state index < -0.39 is 5.54 Å². The Morgan fingerprint density at radius 2 is 2.30 bits per heavy atom. The van der Waals surface area contributed by atoms with Gasteiger partial charge in [-0.3, -0.25) is 4.79 Å². The molecule has 1 rings (SSSR count). The van der Waals surface area contributed by atoms with Gasteiger partial charge in [0.15, 0.2) is 5.16 Å². The van der Waals surface area contributed by atoms with Crippen LogP contribution in [0.5, 0.6) is 0 Å². The van der Waals surface area contributed by atoms with Gasteiger partial charge in [0.25, 0.3) is 0 Å². The Kier molecular flexibility index (Phi) is 7.09. The number of likely N-dealkylation sites (N-methyl/N-ethyl adjacent to an activating group) is 1. The minimum Gasteiger partial charge on any atom is -0.465 e. The van der Waals surface area contributed by atoms with Crippen LogP contribution in [0, 0.1) is 0 Å². The van der Waals surface area contributed by atoms with E-state index in [0.29, 0.717) is 6.61 Å². The van der Waals surface area contributed by atoms with Crippen molar-refractivity contribution in [2.24, 2.45) is 7.05 Å². The molecule has 0 amide bonds. The third-order valence-electron chi connectivity index (χ3n) is 3.12. The summed E-state index contributed by atoms with van der Waals surface area (Å²) in [5, 5.41) is 4.25. The van der Waals surface area contributed by atoms with Gasteiger partial charge < -0.3 is 14.6 Å². The van der Waals surface area contributed by atoms with E-state index in [1.165, 1.54) is 0 Å². The zero-order valence-corrected chi connectivity index (χ0v) is 13.6. The van der Waals surface area contributed by atoms with Gasteiger partial charge >= 0.3 is 5.97 Å². The molecule has 0 fully saturated rings. The Labute approximate surface area is 125 Å². The maximum absolute atomic E-state index is 12.0. The molecule has 114 valence electrons. The highest BCUT2D eigenvalue weighted by atomic mass is 32.2. The monoisotopic (exact) mass is 299 g/mol. The highest BCUT2D eigenvalue weighted by Gasteiger charge is 2.33. The molecule has 5 nitrogen and oxygen atoms in total. The first-order valence-corrected chi connectivity index (χ1v) is 8.04. The minimum atomic E-state index is -0.590. The number of aryl methyl sites for hydroxylation is 1. The molecule has 0 aliphatic heterocycles. The van der Waals surface area contributed by atoms with Crippen molar-refractivity contribution in [3.63, 3.8) is 0 Å². The van der Waals surface area contributed by atoms with Crippen LogP contribution in [0.25, 0.3) is 0 Å². The molecule has 0 aliphatic rings. The SMILES string of the molecule is CCNC(C)(CCCSc1nccn1C)C(=O)OCC. The molecule has 0 spiro atoms. The van der Waals surface area contributed by atoms with E-state index in [9.17, 15) is 4.79 Å². The van der Waals surface area contributed by atoms with E-state index in [1.807, 2.05) is 38.6 Å². The van der Waals surface area contributed by atoms with E-state index in [1.54, 1.807) is 18.0 Å². The zero-order valence-electron chi connectivity index (χ0n) is 12.8. The Morgan fingerprint density at radius 1 is 1.55 bits per heavy atom. The fourth-order valence-corrected chi connectivity index (χ4v) is 2.89. The summed E-state index contributed by atoms with van der Waals surface area (Å²) in [5.74, 6) is 0.773. The average molecular weight is 299 g/mol. The molecular weight excluding hydrogens is 274 g/mol. The van der Waals surface area contributed by atoms with Gasteiger partial charge in [-0.1, -0.05) is 18.7 Å². The van der Waals surface area contributed by atoms with Gasteiger partial charge in [0.2, 0.25) is 0 Å². The van der Waals surface area contributed by atoms with Crippen LogP contribution in [0.3, 0.4) is 0 Å². The lowest BCUT2D eigenvalue weighted by Gasteiger charge is -2.28. The first kappa shape index (κ1) is 17.0. The molecule has 0 saturated heterocycles. The second kappa shape index (κ2) is 8.32. The van der Waals surface area contributed by atoms with Crippen molar-refractivity contribution >= 4 is 17.7 Å². The summed E-state index contributed by atoms with van der Waals surface area (Å²) in [6.07, 6.45) is 5.42. The van der Waals surface area contributed by atoms with Gasteiger partial charge in [-0.25, -0.2) is 4.98 Å². The molecule has 0 aromatic carbocycles. The van der Waals surface area contributed by atoms with Crippen LogP contribution in [0.2, 0.25) is 0 Å². The molecule has 6 heteroatoms. The number of nitrogens with zero attached hydrogens (tertiary/aromatic N) is 2. The van der Waals surface area contributed by atoms with Crippen molar-refractivity contribution in [1.82, 2.24) is 14.9 Å². The summed E-state index contributed by atoms with van der Waals surface area (Å²) in [6, 6.07) is 0. The molecule has 0 saturated carbocycles. The number of nitrogens with one attached hydrogen (secondary N) is 1. The number of carbonyl (C=O) groups is 1. The molecule has 1 aromatic heterocycles. The Hall–Kier alpha value is -1.01. The smallest absolute Gasteiger partial charge is 0.326 e. The molecular formula is C14H25N3O2S. The Bertz CT molecular complexity index is 422.